The maximum absolute atomic E-state index is 11.8. The van der Waals surface area contributed by atoms with E-state index < -0.39 is 6.03 Å². The molecule has 1 aromatic carbocycles. The first-order valence-electron chi connectivity index (χ1n) is 6.68. The summed E-state index contributed by atoms with van der Waals surface area (Å²) in [6, 6.07) is 11.0. The van der Waals surface area contributed by atoms with Gasteiger partial charge in [-0.15, -0.1) is 0 Å². The van der Waals surface area contributed by atoms with Crippen LogP contribution in [0.4, 0.5) is 16.3 Å². The van der Waals surface area contributed by atoms with E-state index in [0.717, 1.165) is 11.3 Å². The lowest BCUT2D eigenvalue weighted by Crippen LogP contribution is -2.19. The molecule has 110 valence electrons. The molecule has 3 rings (SSSR count). The lowest BCUT2D eigenvalue weighted by Gasteiger charge is -2.05. The first-order valence-corrected chi connectivity index (χ1v) is 6.68. The third-order valence-electron chi connectivity index (χ3n) is 2.89. The molecule has 2 amide bonds. The van der Waals surface area contributed by atoms with Gasteiger partial charge in [-0.05, 0) is 6.92 Å². The second-order valence-corrected chi connectivity index (χ2v) is 4.68. The van der Waals surface area contributed by atoms with E-state index in [9.17, 15) is 4.79 Å². The van der Waals surface area contributed by atoms with Crippen LogP contribution in [0.15, 0.2) is 48.8 Å². The van der Waals surface area contributed by atoms with E-state index in [-0.39, 0.29) is 0 Å². The number of hydrogen-bond donors (Lipinski definition) is 3. The number of benzene rings is 1. The third-order valence-corrected chi connectivity index (χ3v) is 2.89. The molecule has 0 unspecified atom stereocenters. The third kappa shape index (κ3) is 3.26. The Kier molecular flexibility index (Phi) is 3.78. The van der Waals surface area contributed by atoms with Gasteiger partial charge in [0.1, 0.15) is 0 Å². The molecule has 0 aliphatic rings. The van der Waals surface area contributed by atoms with Gasteiger partial charge in [-0.25, -0.2) is 14.8 Å². The van der Waals surface area contributed by atoms with E-state index in [0.29, 0.717) is 17.3 Å². The number of hydrogen-bond acceptors (Lipinski definition) is 4. The van der Waals surface area contributed by atoms with Crippen LogP contribution in [0.25, 0.3) is 11.4 Å². The molecule has 0 saturated heterocycles. The predicted octanol–water partition coefficient (Wildman–Crippen LogP) is 2.82. The SMILES string of the molecule is Cc1cc(NC(=O)Nc2cnc(-c3ccccc3)nc2)n[nH]1. The van der Waals surface area contributed by atoms with Crippen molar-refractivity contribution < 1.29 is 4.79 Å². The highest BCUT2D eigenvalue weighted by Gasteiger charge is 2.06. The minimum atomic E-state index is -0.400. The number of anilines is 2. The highest BCUT2D eigenvalue weighted by Crippen LogP contribution is 2.15. The van der Waals surface area contributed by atoms with Crippen molar-refractivity contribution in [1.82, 2.24) is 20.2 Å². The Morgan fingerprint density at radius 2 is 1.82 bits per heavy atom. The molecule has 7 nitrogen and oxygen atoms in total. The predicted molar refractivity (Wildman–Crippen MR) is 83.4 cm³/mol. The Hall–Kier alpha value is -3.22. The number of aryl methyl sites for hydroxylation is 1. The zero-order valence-corrected chi connectivity index (χ0v) is 11.9. The van der Waals surface area contributed by atoms with Crippen molar-refractivity contribution in [2.75, 3.05) is 10.6 Å². The number of carbonyl (C=O) groups excluding carboxylic acids is 1. The first-order chi connectivity index (χ1) is 10.7. The van der Waals surface area contributed by atoms with Crippen molar-refractivity contribution in [2.24, 2.45) is 0 Å². The van der Waals surface area contributed by atoms with Crippen LogP contribution in [0.3, 0.4) is 0 Å². The largest absolute Gasteiger partial charge is 0.324 e. The first kappa shape index (κ1) is 13.7. The fourth-order valence-electron chi connectivity index (χ4n) is 1.89. The van der Waals surface area contributed by atoms with E-state index in [1.807, 2.05) is 37.3 Å². The molecule has 3 N–H and O–H groups in total. The van der Waals surface area contributed by atoms with Crippen molar-refractivity contribution in [1.29, 1.82) is 0 Å². The van der Waals surface area contributed by atoms with Crippen LogP contribution in [0.1, 0.15) is 5.69 Å². The van der Waals surface area contributed by atoms with Crippen LogP contribution in [-0.4, -0.2) is 26.2 Å². The smallest absolute Gasteiger partial charge is 0.305 e. The van der Waals surface area contributed by atoms with Crippen molar-refractivity contribution in [2.45, 2.75) is 6.92 Å². The van der Waals surface area contributed by atoms with Crippen LogP contribution in [-0.2, 0) is 0 Å². The number of amides is 2. The van der Waals surface area contributed by atoms with Crippen molar-refractivity contribution in [3.05, 3.63) is 54.5 Å². The molecule has 0 atom stereocenters. The summed E-state index contributed by atoms with van der Waals surface area (Å²) in [4.78, 5) is 20.3. The summed E-state index contributed by atoms with van der Waals surface area (Å²) in [6.45, 7) is 1.85. The van der Waals surface area contributed by atoms with Gasteiger partial charge >= 0.3 is 6.03 Å². The maximum Gasteiger partial charge on any atom is 0.324 e. The molecule has 2 aromatic heterocycles. The Balaban J connectivity index is 1.65. The molecule has 22 heavy (non-hydrogen) atoms. The molecule has 7 heteroatoms. The summed E-state index contributed by atoms with van der Waals surface area (Å²) in [7, 11) is 0. The number of aromatic nitrogens is 4. The Morgan fingerprint density at radius 3 is 2.45 bits per heavy atom. The van der Waals surface area contributed by atoms with Gasteiger partial charge in [0.25, 0.3) is 0 Å². The fraction of sp³-hybridized carbons (Fsp3) is 0.0667. The fourth-order valence-corrected chi connectivity index (χ4v) is 1.89. The number of nitrogens with zero attached hydrogens (tertiary/aromatic N) is 3. The van der Waals surface area contributed by atoms with Crippen molar-refractivity contribution in [3.8, 4) is 11.4 Å². The minimum absolute atomic E-state index is 0.400. The number of rotatable bonds is 3. The van der Waals surface area contributed by atoms with Gasteiger partial charge < -0.3 is 5.32 Å². The molecule has 0 aliphatic carbocycles. The van der Waals surface area contributed by atoms with Gasteiger partial charge in [-0.1, -0.05) is 30.3 Å². The molecule has 0 aliphatic heterocycles. The van der Waals surface area contributed by atoms with E-state index in [4.69, 9.17) is 0 Å². The minimum Gasteiger partial charge on any atom is -0.305 e. The number of carbonyl (C=O) groups is 1. The lowest BCUT2D eigenvalue weighted by molar-refractivity contribution is 0.262. The summed E-state index contributed by atoms with van der Waals surface area (Å²) >= 11 is 0. The molecule has 0 saturated carbocycles. The van der Waals surface area contributed by atoms with Gasteiger partial charge in [0.2, 0.25) is 0 Å². The summed E-state index contributed by atoms with van der Waals surface area (Å²) in [5.74, 6) is 1.06. The van der Waals surface area contributed by atoms with Gasteiger partial charge in [0, 0.05) is 17.3 Å². The highest BCUT2D eigenvalue weighted by atomic mass is 16.2. The van der Waals surface area contributed by atoms with Crippen LogP contribution < -0.4 is 10.6 Å². The number of aromatic amines is 1. The maximum atomic E-state index is 11.8. The molecular weight excluding hydrogens is 280 g/mol. The molecule has 0 bridgehead atoms. The van der Waals surface area contributed by atoms with E-state index in [1.165, 1.54) is 0 Å². The average Bonchev–Trinajstić information content (AvgIpc) is 2.94. The number of nitrogens with one attached hydrogen (secondary N) is 3. The quantitative estimate of drug-likeness (QED) is 0.692. The normalized spacial score (nSPS) is 10.2. The van der Waals surface area contributed by atoms with Crippen molar-refractivity contribution >= 4 is 17.5 Å². The Labute approximate surface area is 126 Å². The van der Waals surface area contributed by atoms with E-state index in [2.05, 4.69) is 30.8 Å². The summed E-state index contributed by atoms with van der Waals surface area (Å²) in [5.41, 5.74) is 2.29. The molecule has 0 fully saturated rings. The van der Waals surface area contributed by atoms with Crippen LogP contribution in [0.2, 0.25) is 0 Å². The molecule has 3 aromatic rings. The number of urea groups is 1. The highest BCUT2D eigenvalue weighted by molar-refractivity contribution is 5.98. The topological polar surface area (TPSA) is 95.6 Å². The molecule has 0 radical (unpaired) electrons. The van der Waals surface area contributed by atoms with Crippen molar-refractivity contribution in [3.63, 3.8) is 0 Å². The van der Waals surface area contributed by atoms with Gasteiger partial charge in [0.15, 0.2) is 11.6 Å². The van der Waals surface area contributed by atoms with Crippen LogP contribution in [0.5, 0.6) is 0 Å². The zero-order valence-electron chi connectivity index (χ0n) is 11.9. The standard InChI is InChI=1S/C15H14N6O/c1-10-7-13(21-20-10)19-15(22)18-12-8-16-14(17-9-12)11-5-3-2-4-6-11/h2-9H,1H3,(H3,18,19,20,21,22). The molecular formula is C15H14N6O. The Bertz CT molecular complexity index is 766. The Morgan fingerprint density at radius 1 is 1.09 bits per heavy atom. The molecule has 2 heterocycles. The monoisotopic (exact) mass is 294 g/mol. The van der Waals surface area contributed by atoms with Crippen LogP contribution in [0, 0.1) is 6.92 Å². The molecule has 0 spiro atoms. The van der Waals surface area contributed by atoms with Crippen LogP contribution >= 0.6 is 0 Å². The number of H-pyrrole nitrogens is 1. The van der Waals surface area contributed by atoms with Gasteiger partial charge in [0.05, 0.1) is 18.1 Å². The van der Waals surface area contributed by atoms with Gasteiger partial charge in [-0.3, -0.25) is 10.4 Å². The van der Waals surface area contributed by atoms with E-state index in [1.54, 1.807) is 18.5 Å². The summed E-state index contributed by atoms with van der Waals surface area (Å²) in [6.07, 6.45) is 3.12. The second-order valence-electron chi connectivity index (χ2n) is 4.68. The second kappa shape index (κ2) is 6.04. The zero-order chi connectivity index (χ0) is 15.4. The lowest BCUT2D eigenvalue weighted by atomic mass is 10.2. The van der Waals surface area contributed by atoms with E-state index >= 15 is 0 Å². The average molecular weight is 294 g/mol. The van der Waals surface area contributed by atoms with Gasteiger partial charge in [-0.2, -0.15) is 5.10 Å². The summed E-state index contributed by atoms with van der Waals surface area (Å²) < 4.78 is 0. The summed E-state index contributed by atoms with van der Waals surface area (Å²) in [5, 5.41) is 11.9.